The van der Waals surface area contributed by atoms with Gasteiger partial charge in [-0.2, -0.15) is 0 Å². The maximum absolute atomic E-state index is 13.6. The van der Waals surface area contributed by atoms with E-state index in [1.807, 2.05) is 0 Å². The van der Waals surface area contributed by atoms with Crippen LogP contribution in [0.5, 0.6) is 0 Å². The molecule has 2 N–H and O–H groups in total. The molecule has 0 heterocycles. The first-order valence-corrected chi connectivity index (χ1v) is 7.42. The van der Waals surface area contributed by atoms with E-state index in [2.05, 4.69) is 10.6 Å². The molecule has 0 fully saturated rings. The van der Waals surface area contributed by atoms with E-state index in [9.17, 15) is 18.4 Å². The predicted octanol–water partition coefficient (Wildman–Crippen LogP) is 4.22. The Morgan fingerprint density at radius 1 is 0.917 bits per heavy atom. The summed E-state index contributed by atoms with van der Waals surface area (Å²) in [4.78, 5) is 24.6. The lowest BCUT2D eigenvalue weighted by Crippen LogP contribution is -2.41. The molecule has 24 heavy (non-hydrogen) atoms. The topological polar surface area (TPSA) is 58.2 Å². The summed E-state index contributed by atoms with van der Waals surface area (Å²) in [6.45, 7) is 2.71. The second kappa shape index (κ2) is 6.97. The van der Waals surface area contributed by atoms with Gasteiger partial charge in [0.25, 0.3) is 0 Å². The fraction of sp³-hybridized carbons (Fsp3) is 0.176. The van der Waals surface area contributed by atoms with E-state index >= 15 is 0 Å². The first-order chi connectivity index (χ1) is 11.2. The molecule has 0 aliphatic rings. The normalized spacial score (nSPS) is 11.0. The second-order valence-corrected chi connectivity index (χ2v) is 6.07. The highest BCUT2D eigenvalue weighted by Gasteiger charge is 2.37. The Hall–Kier alpha value is -2.47. The zero-order chi connectivity index (χ0) is 17.9. The molecule has 0 unspecified atom stereocenters. The Morgan fingerprint density at radius 3 is 1.96 bits per heavy atom. The van der Waals surface area contributed by atoms with Crippen molar-refractivity contribution in [3.05, 3.63) is 59.1 Å². The summed E-state index contributed by atoms with van der Waals surface area (Å²) in [7, 11) is 0. The molecule has 4 nitrogen and oxygen atoms in total. The van der Waals surface area contributed by atoms with E-state index in [-0.39, 0.29) is 0 Å². The molecule has 0 aliphatic carbocycles. The first kappa shape index (κ1) is 17.9. The van der Waals surface area contributed by atoms with Gasteiger partial charge in [0.15, 0.2) is 0 Å². The molecule has 0 aromatic heterocycles. The third kappa shape index (κ3) is 3.89. The Balaban J connectivity index is 2.14. The molecule has 126 valence electrons. The molecule has 0 radical (unpaired) electrons. The minimum Gasteiger partial charge on any atom is -0.325 e. The zero-order valence-corrected chi connectivity index (χ0v) is 13.7. The number of nitrogens with one attached hydrogen (secondary N) is 2. The van der Waals surface area contributed by atoms with Crippen molar-refractivity contribution in [1.29, 1.82) is 0 Å². The molecular formula is C17H15ClF2N2O2. The Morgan fingerprint density at radius 2 is 1.42 bits per heavy atom. The number of anilines is 2. The fourth-order valence-electron chi connectivity index (χ4n) is 1.81. The van der Waals surface area contributed by atoms with Crippen molar-refractivity contribution < 1.29 is 18.4 Å². The number of para-hydroxylation sites is 1. The minimum absolute atomic E-state index is 0.447. The molecule has 2 aromatic carbocycles. The molecule has 2 rings (SSSR count). The number of hydrogen-bond donors (Lipinski definition) is 2. The van der Waals surface area contributed by atoms with Crippen LogP contribution >= 0.6 is 11.6 Å². The van der Waals surface area contributed by atoms with Gasteiger partial charge in [0.05, 0.1) is 0 Å². The summed E-state index contributed by atoms with van der Waals surface area (Å²) in [5, 5.41) is 5.18. The second-order valence-electron chi connectivity index (χ2n) is 5.64. The number of rotatable bonds is 4. The van der Waals surface area contributed by atoms with Gasteiger partial charge < -0.3 is 10.6 Å². The summed E-state index contributed by atoms with van der Waals surface area (Å²) in [5.74, 6) is -3.30. The van der Waals surface area contributed by atoms with Crippen molar-refractivity contribution in [3.63, 3.8) is 0 Å². The van der Waals surface area contributed by atoms with Gasteiger partial charge in [-0.15, -0.1) is 0 Å². The van der Waals surface area contributed by atoms with E-state index in [4.69, 9.17) is 11.6 Å². The van der Waals surface area contributed by atoms with Crippen LogP contribution in [0.3, 0.4) is 0 Å². The third-order valence-corrected chi connectivity index (χ3v) is 3.69. The minimum atomic E-state index is -1.56. The van der Waals surface area contributed by atoms with Crippen LogP contribution in [-0.2, 0) is 9.59 Å². The molecular weight excluding hydrogens is 338 g/mol. The largest absolute Gasteiger partial charge is 0.325 e. The van der Waals surface area contributed by atoms with Crippen LogP contribution in [0, 0.1) is 17.0 Å². The van der Waals surface area contributed by atoms with E-state index in [1.54, 1.807) is 24.3 Å². The van der Waals surface area contributed by atoms with Crippen LogP contribution in [0.15, 0.2) is 42.5 Å². The molecule has 2 amide bonds. The lowest BCUT2D eigenvalue weighted by Gasteiger charge is -2.23. The molecule has 7 heteroatoms. The maximum Gasteiger partial charge on any atom is 0.239 e. The Kier molecular flexibility index (Phi) is 5.19. The van der Waals surface area contributed by atoms with E-state index in [0.29, 0.717) is 10.7 Å². The average Bonchev–Trinajstić information content (AvgIpc) is 2.53. The Bertz CT molecular complexity index is 756. The molecule has 0 bridgehead atoms. The van der Waals surface area contributed by atoms with Crippen LogP contribution in [0.2, 0.25) is 5.02 Å². The molecule has 0 spiro atoms. The van der Waals surface area contributed by atoms with E-state index in [1.165, 1.54) is 19.9 Å². The molecule has 0 atom stereocenters. The predicted molar refractivity (Wildman–Crippen MR) is 88.9 cm³/mol. The van der Waals surface area contributed by atoms with Crippen molar-refractivity contribution in [3.8, 4) is 0 Å². The molecule has 2 aromatic rings. The number of hydrogen-bond acceptors (Lipinski definition) is 2. The average molecular weight is 353 g/mol. The molecule has 0 aliphatic heterocycles. The number of amides is 2. The zero-order valence-electron chi connectivity index (χ0n) is 13.0. The lowest BCUT2D eigenvalue weighted by atomic mass is 9.90. The van der Waals surface area contributed by atoms with Gasteiger partial charge in [0.1, 0.15) is 22.7 Å². The smallest absolute Gasteiger partial charge is 0.239 e. The van der Waals surface area contributed by atoms with Crippen molar-refractivity contribution in [1.82, 2.24) is 0 Å². The van der Waals surface area contributed by atoms with Gasteiger partial charge >= 0.3 is 0 Å². The maximum atomic E-state index is 13.6. The van der Waals surface area contributed by atoms with Gasteiger partial charge in [-0.1, -0.05) is 17.7 Å². The van der Waals surface area contributed by atoms with E-state index < -0.39 is 34.6 Å². The first-order valence-electron chi connectivity index (χ1n) is 7.04. The van der Waals surface area contributed by atoms with Crippen molar-refractivity contribution in [2.45, 2.75) is 13.8 Å². The highest BCUT2D eigenvalue weighted by atomic mass is 35.5. The summed E-state index contributed by atoms with van der Waals surface area (Å²) >= 11 is 5.76. The van der Waals surface area contributed by atoms with Crippen molar-refractivity contribution in [2.75, 3.05) is 10.6 Å². The fourth-order valence-corrected chi connectivity index (χ4v) is 1.94. The van der Waals surface area contributed by atoms with Gasteiger partial charge in [0, 0.05) is 10.7 Å². The van der Waals surface area contributed by atoms with Crippen molar-refractivity contribution >= 4 is 34.8 Å². The SMILES string of the molecule is CC(C)(C(=O)Nc1ccc(Cl)cc1)C(=O)Nc1c(F)cccc1F. The van der Waals surface area contributed by atoms with Crippen LogP contribution in [0.4, 0.5) is 20.2 Å². The number of halogens is 3. The summed E-state index contributed by atoms with van der Waals surface area (Å²) in [6.07, 6.45) is 0. The van der Waals surface area contributed by atoms with Crippen LogP contribution in [0.25, 0.3) is 0 Å². The van der Waals surface area contributed by atoms with Gasteiger partial charge in [-0.05, 0) is 50.2 Å². The van der Waals surface area contributed by atoms with Crippen LogP contribution in [0.1, 0.15) is 13.8 Å². The monoisotopic (exact) mass is 352 g/mol. The van der Waals surface area contributed by atoms with Crippen LogP contribution < -0.4 is 10.6 Å². The molecule has 0 saturated carbocycles. The summed E-state index contributed by atoms with van der Waals surface area (Å²) < 4.78 is 27.2. The number of carbonyl (C=O) groups is 2. The summed E-state index contributed by atoms with van der Waals surface area (Å²) in [6, 6.07) is 9.52. The van der Waals surface area contributed by atoms with Gasteiger partial charge in [-0.3, -0.25) is 9.59 Å². The number of carbonyl (C=O) groups excluding carboxylic acids is 2. The highest BCUT2D eigenvalue weighted by Crippen LogP contribution is 2.25. The van der Waals surface area contributed by atoms with Gasteiger partial charge in [-0.25, -0.2) is 8.78 Å². The quantitative estimate of drug-likeness (QED) is 0.809. The van der Waals surface area contributed by atoms with Crippen molar-refractivity contribution in [2.24, 2.45) is 5.41 Å². The molecule has 0 saturated heterocycles. The number of benzene rings is 2. The Labute approximate surface area is 142 Å². The standard InChI is InChI=1S/C17H15ClF2N2O2/c1-17(2,15(23)21-11-8-6-10(18)7-9-11)16(24)22-14-12(19)4-3-5-13(14)20/h3-9H,1-2H3,(H,21,23)(H,22,24). The van der Waals surface area contributed by atoms with E-state index in [0.717, 1.165) is 12.1 Å². The summed E-state index contributed by atoms with van der Waals surface area (Å²) in [5.41, 5.74) is -1.70. The highest BCUT2D eigenvalue weighted by molar-refractivity contribution is 6.30. The lowest BCUT2D eigenvalue weighted by molar-refractivity contribution is -0.135. The third-order valence-electron chi connectivity index (χ3n) is 3.44. The van der Waals surface area contributed by atoms with Gasteiger partial charge in [0.2, 0.25) is 11.8 Å². The van der Waals surface area contributed by atoms with Crippen LogP contribution in [-0.4, -0.2) is 11.8 Å².